The molecule has 4 heteroatoms. The maximum atomic E-state index is 5.49. The molecule has 0 aliphatic rings. The number of nitrogens with zero attached hydrogens (tertiary/aromatic N) is 1. The third kappa shape index (κ3) is 1.66. The number of halogens is 1. The fourth-order valence-electron chi connectivity index (χ4n) is 0.253. The molecule has 1 aromatic heterocycles. The first kappa shape index (κ1) is 5.97. The second-order valence-electron chi connectivity index (χ2n) is 0.977. The molecule has 1 aromatic rings. The summed E-state index contributed by atoms with van der Waals surface area (Å²) in [6, 6.07) is 0. The predicted molar refractivity (Wildman–Crippen MR) is 32.5 cm³/mol. The molecule has 0 aromatic carbocycles. The molecule has 0 spiro atoms. The van der Waals surface area contributed by atoms with Crippen molar-refractivity contribution in [2.45, 2.75) is 0 Å². The SMILES string of the molecule is Clc1nc[c]([Pb])s1. The first-order valence-electron chi connectivity index (χ1n) is 1.62. The number of thiazole rings is 1. The summed E-state index contributed by atoms with van der Waals surface area (Å²) < 4.78 is 1.95. The van der Waals surface area contributed by atoms with Crippen LogP contribution in [-0.4, -0.2) is 30.8 Å². The second-order valence-corrected chi connectivity index (χ2v) is 6.09. The van der Waals surface area contributed by atoms with E-state index >= 15 is 0 Å². The molecule has 0 fully saturated rings. The Morgan fingerprint density at radius 2 is 2.57 bits per heavy atom. The van der Waals surface area contributed by atoms with Gasteiger partial charge in [0.25, 0.3) is 0 Å². The Kier molecular flexibility index (Phi) is 2.06. The zero-order valence-corrected chi connectivity index (χ0v) is 8.77. The molecule has 0 amide bonds. The van der Waals surface area contributed by atoms with Gasteiger partial charge in [-0.15, -0.1) is 0 Å². The molecule has 35 valence electrons. The van der Waals surface area contributed by atoms with Gasteiger partial charge in [-0.25, -0.2) is 0 Å². The molecule has 7 heavy (non-hydrogen) atoms. The van der Waals surface area contributed by atoms with Gasteiger partial charge >= 0.3 is 66.8 Å². The van der Waals surface area contributed by atoms with Crippen molar-refractivity contribution in [2.75, 3.05) is 0 Å². The predicted octanol–water partition coefficient (Wildman–Crippen LogP) is 0.590. The number of aromatic nitrogens is 1. The van der Waals surface area contributed by atoms with Crippen molar-refractivity contribution in [2.24, 2.45) is 0 Å². The molecule has 0 saturated carbocycles. The minimum absolute atomic E-state index is 0.657. The van der Waals surface area contributed by atoms with E-state index in [2.05, 4.69) is 4.98 Å². The fourth-order valence-corrected chi connectivity index (χ4v) is 3.08. The fraction of sp³-hybridized carbons (Fsp3) is 0. The van der Waals surface area contributed by atoms with Crippen LogP contribution in [0.25, 0.3) is 0 Å². The molecular weight excluding hydrogens is 325 g/mol. The van der Waals surface area contributed by atoms with Gasteiger partial charge in [0.1, 0.15) is 0 Å². The van der Waals surface area contributed by atoms with Gasteiger partial charge in [-0.2, -0.15) is 0 Å². The summed E-state index contributed by atoms with van der Waals surface area (Å²) in [6.45, 7) is 0. The third-order valence-electron chi connectivity index (χ3n) is 0.477. The molecule has 0 unspecified atom stereocenters. The van der Waals surface area contributed by atoms with E-state index in [1.54, 1.807) is 11.3 Å². The minimum atomic E-state index is 0.657. The summed E-state index contributed by atoms with van der Waals surface area (Å²) in [5.74, 6) is 0. The quantitative estimate of drug-likeness (QED) is 0.636. The molecule has 1 nitrogen and oxygen atoms in total. The Hall–Kier alpha value is 0.842. The van der Waals surface area contributed by atoms with Crippen molar-refractivity contribution in [1.29, 1.82) is 0 Å². The van der Waals surface area contributed by atoms with Gasteiger partial charge in [-0.3, -0.25) is 0 Å². The van der Waals surface area contributed by atoms with Crippen molar-refractivity contribution in [3.63, 3.8) is 0 Å². The molecule has 0 aliphatic carbocycles. The number of hydrogen-bond donors (Lipinski definition) is 0. The topological polar surface area (TPSA) is 12.9 Å². The van der Waals surface area contributed by atoms with Crippen molar-refractivity contribution >= 4 is 51.1 Å². The van der Waals surface area contributed by atoms with Gasteiger partial charge in [0, 0.05) is 0 Å². The summed E-state index contributed by atoms with van der Waals surface area (Å²) in [5.41, 5.74) is 0. The van der Waals surface area contributed by atoms with Crippen LogP contribution >= 0.6 is 22.9 Å². The average molecular weight is 326 g/mol. The van der Waals surface area contributed by atoms with E-state index in [4.69, 9.17) is 11.6 Å². The van der Waals surface area contributed by atoms with Crippen LogP contribution < -0.4 is 2.44 Å². The van der Waals surface area contributed by atoms with Crippen molar-refractivity contribution in [1.82, 2.24) is 4.98 Å². The Bertz CT molecular complexity index is 147. The van der Waals surface area contributed by atoms with Gasteiger partial charge < -0.3 is 0 Å². The molecule has 0 aliphatic heterocycles. The number of hydrogen-bond acceptors (Lipinski definition) is 2. The summed E-state index contributed by atoms with van der Waals surface area (Å²) in [6.07, 6.45) is 1.82. The van der Waals surface area contributed by atoms with Crippen LogP contribution in [0.3, 0.4) is 0 Å². The normalized spacial score (nSPS) is 9.43. The van der Waals surface area contributed by atoms with Crippen LogP contribution in [-0.2, 0) is 0 Å². The first-order valence-corrected chi connectivity index (χ1v) is 4.76. The van der Waals surface area contributed by atoms with E-state index in [9.17, 15) is 0 Å². The Balaban J connectivity index is 3.04. The van der Waals surface area contributed by atoms with Gasteiger partial charge in [0.15, 0.2) is 0 Å². The molecule has 0 atom stereocenters. The summed E-state index contributed by atoms with van der Waals surface area (Å²) in [4.78, 5) is 3.83. The van der Waals surface area contributed by atoms with E-state index < -0.39 is 0 Å². The van der Waals surface area contributed by atoms with Crippen LogP contribution in [0.15, 0.2) is 6.20 Å². The van der Waals surface area contributed by atoms with Crippen LogP contribution in [0.4, 0.5) is 0 Å². The van der Waals surface area contributed by atoms with Crippen molar-refractivity contribution in [3.05, 3.63) is 10.7 Å². The Morgan fingerprint density at radius 3 is 2.71 bits per heavy atom. The molecule has 0 N–H and O–H groups in total. The van der Waals surface area contributed by atoms with Crippen LogP contribution in [0.5, 0.6) is 0 Å². The van der Waals surface area contributed by atoms with E-state index in [-0.39, 0.29) is 0 Å². The van der Waals surface area contributed by atoms with Gasteiger partial charge in [-0.05, 0) is 0 Å². The van der Waals surface area contributed by atoms with Crippen LogP contribution in [0.1, 0.15) is 0 Å². The standard InChI is InChI=1S/C3HClNS.Pb/c4-3-5-1-2-6-3;/h1H;. The van der Waals surface area contributed by atoms with E-state index in [0.29, 0.717) is 4.47 Å². The molecular formula is C3HClNPbS. The van der Waals surface area contributed by atoms with Crippen molar-refractivity contribution < 1.29 is 0 Å². The van der Waals surface area contributed by atoms with Gasteiger partial charge in [0.2, 0.25) is 0 Å². The molecule has 1 heterocycles. The third-order valence-corrected chi connectivity index (χ3v) is 3.10. The molecule has 3 radical (unpaired) electrons. The van der Waals surface area contributed by atoms with E-state index in [0.717, 1.165) is 25.8 Å². The molecule has 0 saturated heterocycles. The van der Waals surface area contributed by atoms with E-state index in [1.165, 1.54) is 2.44 Å². The summed E-state index contributed by atoms with van der Waals surface area (Å²) in [7, 11) is 0. The molecule has 0 bridgehead atoms. The first-order chi connectivity index (χ1) is 3.29. The zero-order valence-electron chi connectivity index (χ0n) is 3.31. The Morgan fingerprint density at radius 1 is 1.86 bits per heavy atom. The van der Waals surface area contributed by atoms with Crippen LogP contribution in [0.2, 0.25) is 4.47 Å². The summed E-state index contributed by atoms with van der Waals surface area (Å²) in [5, 5.41) is 0. The monoisotopic (exact) mass is 326 g/mol. The maximum absolute atomic E-state index is 5.49. The van der Waals surface area contributed by atoms with Crippen LogP contribution in [0, 0.1) is 0 Å². The van der Waals surface area contributed by atoms with E-state index in [1.807, 2.05) is 6.20 Å². The Labute approximate surface area is 66.4 Å². The number of rotatable bonds is 0. The second kappa shape index (κ2) is 2.41. The van der Waals surface area contributed by atoms with Gasteiger partial charge in [-0.1, -0.05) is 0 Å². The average Bonchev–Trinajstić information content (AvgIpc) is 1.87. The van der Waals surface area contributed by atoms with Gasteiger partial charge in [0.05, 0.1) is 0 Å². The molecule has 1 rings (SSSR count). The zero-order chi connectivity index (χ0) is 5.28. The summed E-state index contributed by atoms with van der Waals surface area (Å²) >= 11 is 8.11. The van der Waals surface area contributed by atoms with Crippen molar-refractivity contribution in [3.8, 4) is 0 Å².